The first-order valence-electron chi connectivity index (χ1n) is 20.4. The number of thiocyanates is 1. The van der Waals surface area contributed by atoms with Crippen LogP contribution in [-0.2, 0) is 51.9 Å². The number of nitrogens with two attached hydrogens (primary N) is 2. The standard InChI is InChI=1S/C20H26.C18H18N3O4.C9H13F3N4.C2H6.CHNS.Ru/c1-14-12-16(19(2,3)4)10-8-15-9-11-17(13-18(14)15)20(5,6)7;1-2-12(10-22)8-16(19)17(20)9-14(18(24)25)3-4-15-7-13(11-23)5-6-21-15;1-2-5(13)3-6(14)7(15)4-8(16)9(10,11)12;1-2;2-1-3;/h8-13H,1H2,2-7H3;2-3,5-11,15,19-20H,4H2,1H3,(H,24,25);2-4,8,14-15H,13,16H2,1H3;1-2H3;3H;/q;-3;-2;;;+6/p-1/b;12-2+,14-3+,16-8-,17-9-;5-2+,6-3+,7-4-;;;. The third-order valence-electron chi connectivity index (χ3n) is 8.82. The molecule has 0 fully saturated rings. The van der Waals surface area contributed by atoms with Crippen molar-refractivity contribution in [3.8, 4) is 5.40 Å². The molecular weight excluding hydrogens is 967 g/mol. The minimum atomic E-state index is -4.61. The molecule has 1 heterocycles. The van der Waals surface area contributed by atoms with Gasteiger partial charge < -0.3 is 57.5 Å². The van der Waals surface area contributed by atoms with Gasteiger partial charge in [-0.1, -0.05) is 165 Å². The van der Waals surface area contributed by atoms with Crippen LogP contribution in [0.2, 0.25) is 0 Å². The van der Waals surface area contributed by atoms with Gasteiger partial charge in [-0.05, 0) is 58.9 Å². The molecule has 67 heavy (non-hydrogen) atoms. The van der Waals surface area contributed by atoms with Crippen molar-refractivity contribution in [3.63, 3.8) is 0 Å². The van der Waals surface area contributed by atoms with E-state index in [1.807, 2.05) is 13.8 Å². The minimum absolute atomic E-state index is 0. The van der Waals surface area contributed by atoms with Crippen LogP contribution in [0, 0.1) is 16.1 Å². The number of fused-ring (bicyclic) bond motifs is 1. The molecule has 362 valence electrons. The average Bonchev–Trinajstić information content (AvgIpc) is 3.43. The van der Waals surface area contributed by atoms with Crippen LogP contribution in [0.5, 0.6) is 0 Å². The van der Waals surface area contributed by atoms with E-state index in [1.54, 1.807) is 26.0 Å². The van der Waals surface area contributed by atoms with Crippen molar-refractivity contribution >= 4 is 42.8 Å². The van der Waals surface area contributed by atoms with E-state index >= 15 is 0 Å². The predicted molar refractivity (Wildman–Crippen MR) is 267 cm³/mol. The number of alkyl halides is 3. The third-order valence-corrected chi connectivity index (χ3v) is 8.82. The van der Waals surface area contributed by atoms with Gasteiger partial charge in [0.15, 0.2) is 0 Å². The number of aldehydes is 2. The number of hydrogen-bond acceptors (Lipinski definition) is 7. The maximum atomic E-state index is 12.0. The number of carboxylic acids is 1. The van der Waals surface area contributed by atoms with Crippen molar-refractivity contribution in [1.82, 2.24) is 0 Å². The Balaban J connectivity index is -0.000000885. The first-order valence-corrected chi connectivity index (χ1v) is 20.8. The fraction of sp³-hybridized carbons (Fsp3) is 0.320. The molecule has 12 nitrogen and oxygen atoms in total. The topological polar surface area (TPSA) is 257 Å². The number of carbonyl (C=O) groups excluding carboxylic acids is 2. The van der Waals surface area contributed by atoms with Gasteiger partial charge in [0, 0.05) is 16.8 Å². The molecule has 2 aliphatic rings. The Bertz CT molecular complexity index is 2240. The number of nitrogens with one attached hydrogen (secondary N) is 4. The molecule has 9 N–H and O–H groups in total. The van der Waals surface area contributed by atoms with Crippen molar-refractivity contribution in [1.29, 1.82) is 5.26 Å². The Morgan fingerprint density at radius 1 is 0.940 bits per heavy atom. The number of benzene rings is 1. The fourth-order valence-corrected chi connectivity index (χ4v) is 4.98. The number of allylic oxidation sites excluding steroid dienone is 11. The van der Waals surface area contributed by atoms with Gasteiger partial charge >= 0.3 is 31.6 Å². The molecule has 0 saturated heterocycles. The van der Waals surface area contributed by atoms with Crippen LogP contribution in [0.15, 0.2) is 149 Å². The Kier molecular flexibility index (Phi) is 30.8. The molecule has 3 rings (SSSR count). The Labute approximate surface area is 413 Å². The van der Waals surface area contributed by atoms with Gasteiger partial charge in [-0.15, -0.1) is 0 Å². The smallest absolute Gasteiger partial charge is 0.700 e. The van der Waals surface area contributed by atoms with Crippen LogP contribution in [0.3, 0.4) is 0 Å². The second-order valence-corrected chi connectivity index (χ2v) is 16.1. The van der Waals surface area contributed by atoms with Crippen molar-refractivity contribution in [2.45, 2.75) is 99.3 Å². The first kappa shape index (κ1) is 65.1. The van der Waals surface area contributed by atoms with Crippen molar-refractivity contribution in [2.75, 3.05) is 0 Å². The number of halogens is 3. The molecule has 0 spiro atoms. The number of nitrogens with zero attached hydrogens (tertiary/aromatic N) is 2. The maximum Gasteiger partial charge on any atom is 6.00 e. The normalized spacial score (nSPS) is 16.2. The zero-order valence-electron chi connectivity index (χ0n) is 39.6. The summed E-state index contributed by atoms with van der Waals surface area (Å²) in [5.41, 5.74) is 45.8. The van der Waals surface area contributed by atoms with Crippen LogP contribution in [0.25, 0.3) is 39.9 Å². The van der Waals surface area contributed by atoms with Crippen molar-refractivity contribution < 1.29 is 52.1 Å². The molecule has 17 heteroatoms. The van der Waals surface area contributed by atoms with E-state index in [2.05, 4.69) is 102 Å². The fourth-order valence-electron chi connectivity index (χ4n) is 4.98. The second kappa shape index (κ2) is 31.7. The summed E-state index contributed by atoms with van der Waals surface area (Å²) >= 11 is 3.70. The molecule has 0 radical (unpaired) electrons. The number of carbonyl (C=O) groups is 3. The van der Waals surface area contributed by atoms with Crippen molar-refractivity contribution in [2.24, 2.45) is 16.9 Å². The molecule has 0 bridgehead atoms. The first-order chi connectivity index (χ1) is 30.6. The molecule has 0 saturated carbocycles. The Hall–Kier alpha value is -6.21. The van der Waals surface area contributed by atoms with E-state index in [-0.39, 0.29) is 71.0 Å². The third kappa shape index (κ3) is 25.3. The summed E-state index contributed by atoms with van der Waals surface area (Å²) in [6.07, 6.45) is 16.3. The number of hydrogen-bond donors (Lipinski definition) is 3. The SMILES string of the molecule is C=C1C=C(C(C)(C)C)C=Cc2ccc(C(C)(C)C)cc21.CC.C\C=C(C=O)/C=C([NH-])/C([NH-])=C/C(=C\CC1C=C(C=O)C=C[N-]1)C(=O)O.C\C=C(N)/C=C([NH-])\C([NH-])=C\C(N)C(F)(F)F.N#C[S-].[Ru+6]. The van der Waals surface area contributed by atoms with Crippen LogP contribution in [-0.4, -0.2) is 41.9 Å². The van der Waals surface area contributed by atoms with Gasteiger partial charge in [0.05, 0.1) is 5.57 Å². The maximum absolute atomic E-state index is 12.0. The summed E-state index contributed by atoms with van der Waals surface area (Å²) < 4.78 is 36.1. The van der Waals surface area contributed by atoms with E-state index in [4.69, 9.17) is 39.7 Å². The minimum Gasteiger partial charge on any atom is -0.700 e. The zero-order valence-corrected chi connectivity index (χ0v) is 42.1. The number of nitriles is 1. The van der Waals surface area contributed by atoms with E-state index in [0.29, 0.717) is 24.2 Å². The summed E-state index contributed by atoms with van der Waals surface area (Å²) in [6, 6.07) is 4.14. The van der Waals surface area contributed by atoms with Crippen LogP contribution in [0.4, 0.5) is 13.2 Å². The van der Waals surface area contributed by atoms with E-state index in [1.165, 1.54) is 58.2 Å². The van der Waals surface area contributed by atoms with Gasteiger partial charge in [-0.3, -0.25) is 9.59 Å². The summed E-state index contributed by atoms with van der Waals surface area (Å²) in [5.74, 6) is -1.25. The quantitative estimate of drug-likeness (QED) is 0.0478. The van der Waals surface area contributed by atoms with Gasteiger partial charge in [0.1, 0.15) is 18.6 Å². The van der Waals surface area contributed by atoms with Gasteiger partial charge in [-0.2, -0.15) is 42.2 Å². The number of rotatable bonds is 11. The van der Waals surface area contributed by atoms with Crippen LogP contribution in [0.1, 0.15) is 92.3 Å². The van der Waals surface area contributed by atoms with Gasteiger partial charge in [-0.25, -0.2) is 10.1 Å². The van der Waals surface area contributed by atoms with Gasteiger partial charge in [0.25, 0.3) is 0 Å². The molecule has 2 atom stereocenters. The van der Waals surface area contributed by atoms with Crippen molar-refractivity contribution in [3.05, 3.63) is 194 Å². The molecule has 1 aliphatic heterocycles. The molecule has 0 amide bonds. The monoisotopic (exact) mass is 1030 g/mol. The number of aliphatic carboxylic acids is 1. The molecule has 1 aromatic carbocycles. The van der Waals surface area contributed by atoms with Crippen LogP contribution >= 0.6 is 0 Å². The molecule has 0 aromatic heterocycles. The Morgan fingerprint density at radius 3 is 1.96 bits per heavy atom. The summed E-state index contributed by atoms with van der Waals surface area (Å²) in [4.78, 5) is 32.8. The molecular formula is C50H63F3N8O4RuS. The van der Waals surface area contributed by atoms with E-state index in [0.717, 1.165) is 17.7 Å². The molecule has 1 aromatic rings. The predicted octanol–water partition coefficient (Wildman–Crippen LogP) is 13.4. The Morgan fingerprint density at radius 2 is 1.49 bits per heavy atom. The van der Waals surface area contributed by atoms with E-state index in [9.17, 15) is 32.7 Å². The average molecular weight is 1030 g/mol. The largest absolute Gasteiger partial charge is 6.00 e. The zero-order chi connectivity index (χ0) is 51.6. The van der Waals surface area contributed by atoms with E-state index < -0.39 is 29.6 Å². The van der Waals surface area contributed by atoms with Gasteiger partial charge in [0.2, 0.25) is 0 Å². The summed E-state index contributed by atoms with van der Waals surface area (Å²) in [5, 5.41) is 21.8. The second-order valence-electron chi connectivity index (χ2n) is 15.9. The molecule has 2 unspecified atom stereocenters. The number of carboxylic acid groups (broad SMARTS) is 1. The summed E-state index contributed by atoms with van der Waals surface area (Å²) in [7, 11) is 0. The molecule has 1 aliphatic carbocycles. The summed E-state index contributed by atoms with van der Waals surface area (Å²) in [6.45, 7) is 25.0. The van der Waals surface area contributed by atoms with Crippen LogP contribution < -0.4 is 11.5 Å².